The molecule has 0 fully saturated rings. The number of unbranched alkanes of at least 4 members (excludes halogenated alkanes) is 2. The summed E-state index contributed by atoms with van der Waals surface area (Å²) < 4.78 is 14.7. The maximum atomic E-state index is 10.3. The normalized spacial score (nSPS) is 16.7. The fraction of sp³-hybridized carbons (Fsp3) is 1.00. The second-order valence-corrected chi connectivity index (χ2v) is 4.43. The number of rotatable bonds is 5. The molecular formula is C5H12ClO3P. The van der Waals surface area contributed by atoms with E-state index in [9.17, 15) is 4.57 Å². The highest BCUT2D eigenvalue weighted by Gasteiger charge is 2.12. The van der Waals surface area contributed by atoms with Crippen molar-refractivity contribution in [3.05, 3.63) is 0 Å². The van der Waals surface area contributed by atoms with Crippen LogP contribution in [0.2, 0.25) is 0 Å². The van der Waals surface area contributed by atoms with Crippen molar-refractivity contribution >= 4 is 18.2 Å². The maximum absolute atomic E-state index is 10.3. The molecule has 0 spiro atoms. The van der Waals surface area contributed by atoms with E-state index in [0.29, 0.717) is 0 Å². The summed E-state index contributed by atoms with van der Waals surface area (Å²) in [6, 6.07) is 0. The largest absolute Gasteiger partial charge is 0.421 e. The van der Waals surface area contributed by atoms with E-state index >= 15 is 0 Å². The van der Waals surface area contributed by atoms with Crippen LogP contribution in [0, 0.1) is 0 Å². The van der Waals surface area contributed by atoms with E-state index in [-0.39, 0.29) is 6.61 Å². The van der Waals surface area contributed by atoms with Crippen molar-refractivity contribution in [3.8, 4) is 0 Å². The average Bonchev–Trinajstić information content (AvgIpc) is 1.78. The van der Waals surface area contributed by atoms with Gasteiger partial charge in [-0.2, -0.15) is 0 Å². The first-order valence-corrected chi connectivity index (χ1v) is 5.71. The summed E-state index contributed by atoms with van der Waals surface area (Å²) >= 11 is 4.90. The molecule has 5 heteroatoms. The Bertz CT molecular complexity index is 122. The lowest BCUT2D eigenvalue weighted by Crippen LogP contribution is -1.88. The Labute approximate surface area is 65.7 Å². The molecule has 1 unspecified atom stereocenters. The minimum Gasteiger partial charge on any atom is -0.313 e. The first-order valence-electron chi connectivity index (χ1n) is 3.23. The lowest BCUT2D eigenvalue weighted by molar-refractivity contribution is 0.267. The maximum Gasteiger partial charge on any atom is 0.421 e. The summed E-state index contributed by atoms with van der Waals surface area (Å²) in [5.41, 5.74) is 0. The summed E-state index contributed by atoms with van der Waals surface area (Å²) in [7, 11) is 0. The Morgan fingerprint density at radius 3 is 2.60 bits per heavy atom. The fourth-order valence-electron chi connectivity index (χ4n) is 0.529. The third-order valence-corrected chi connectivity index (χ3v) is 1.79. The second-order valence-electron chi connectivity index (χ2n) is 1.99. The standard InChI is InChI=1S/C5H12ClO3P/c1-2-3-4-5-9-10(6,7)8/h2-5H2,1H3,(H,7,8). The molecule has 1 atom stereocenters. The predicted octanol–water partition coefficient (Wildman–Crippen LogP) is 2.53. The molecule has 62 valence electrons. The van der Waals surface area contributed by atoms with Crippen LogP contribution >= 0.6 is 18.2 Å². The molecule has 0 aromatic carbocycles. The van der Waals surface area contributed by atoms with Crippen LogP contribution in [0.4, 0.5) is 0 Å². The van der Waals surface area contributed by atoms with E-state index in [1.165, 1.54) is 0 Å². The highest BCUT2D eigenvalue weighted by molar-refractivity contribution is 7.80. The second kappa shape index (κ2) is 5.14. The van der Waals surface area contributed by atoms with Gasteiger partial charge in [0, 0.05) is 11.2 Å². The number of hydrogen-bond acceptors (Lipinski definition) is 2. The van der Waals surface area contributed by atoms with Gasteiger partial charge in [-0.3, -0.25) is 4.52 Å². The molecule has 0 amide bonds. The van der Waals surface area contributed by atoms with Crippen molar-refractivity contribution in [1.29, 1.82) is 0 Å². The first kappa shape index (κ1) is 10.4. The molecule has 0 aliphatic rings. The molecule has 0 radical (unpaired) electrons. The van der Waals surface area contributed by atoms with Crippen molar-refractivity contribution in [2.45, 2.75) is 26.2 Å². The Morgan fingerprint density at radius 1 is 1.60 bits per heavy atom. The quantitative estimate of drug-likeness (QED) is 0.530. The van der Waals surface area contributed by atoms with E-state index < -0.39 is 6.95 Å². The van der Waals surface area contributed by atoms with Gasteiger partial charge in [0.15, 0.2) is 0 Å². The van der Waals surface area contributed by atoms with Crippen molar-refractivity contribution in [1.82, 2.24) is 0 Å². The molecule has 10 heavy (non-hydrogen) atoms. The van der Waals surface area contributed by atoms with Crippen molar-refractivity contribution in [2.24, 2.45) is 0 Å². The molecule has 0 bridgehead atoms. The molecular weight excluding hydrogens is 174 g/mol. The third kappa shape index (κ3) is 8.44. The molecule has 0 aromatic heterocycles. The van der Waals surface area contributed by atoms with Crippen molar-refractivity contribution in [3.63, 3.8) is 0 Å². The summed E-state index contributed by atoms with van der Waals surface area (Å²) in [6.07, 6.45) is 2.84. The highest BCUT2D eigenvalue weighted by Crippen LogP contribution is 2.47. The predicted molar refractivity (Wildman–Crippen MR) is 41.2 cm³/mol. The van der Waals surface area contributed by atoms with E-state index in [4.69, 9.17) is 16.1 Å². The molecule has 0 saturated heterocycles. The van der Waals surface area contributed by atoms with E-state index in [1.807, 2.05) is 6.92 Å². The smallest absolute Gasteiger partial charge is 0.313 e. The van der Waals surface area contributed by atoms with Gasteiger partial charge in [-0.15, -0.1) is 0 Å². The molecule has 1 N–H and O–H groups in total. The average molecular weight is 187 g/mol. The van der Waals surface area contributed by atoms with Crippen LogP contribution in [0.1, 0.15) is 26.2 Å². The Morgan fingerprint density at radius 2 is 2.20 bits per heavy atom. The van der Waals surface area contributed by atoms with Gasteiger partial charge in [0.1, 0.15) is 0 Å². The zero-order valence-electron chi connectivity index (χ0n) is 5.92. The van der Waals surface area contributed by atoms with Crippen molar-refractivity contribution < 1.29 is 14.0 Å². The zero-order chi connectivity index (χ0) is 8.04. The lowest BCUT2D eigenvalue weighted by Gasteiger charge is -2.02. The van der Waals surface area contributed by atoms with Gasteiger partial charge in [-0.05, 0) is 6.42 Å². The van der Waals surface area contributed by atoms with Crippen LogP contribution in [-0.4, -0.2) is 11.5 Å². The minimum atomic E-state index is -3.73. The Hall–Kier alpha value is 0.440. The van der Waals surface area contributed by atoms with E-state index in [1.54, 1.807) is 0 Å². The Balaban J connectivity index is 3.13. The summed E-state index contributed by atoms with van der Waals surface area (Å²) in [5, 5.41) is 0. The highest BCUT2D eigenvalue weighted by atomic mass is 35.7. The topological polar surface area (TPSA) is 46.5 Å². The molecule has 3 nitrogen and oxygen atoms in total. The zero-order valence-corrected chi connectivity index (χ0v) is 7.57. The van der Waals surface area contributed by atoms with Gasteiger partial charge in [0.25, 0.3) is 0 Å². The van der Waals surface area contributed by atoms with Crippen LogP contribution in [0.3, 0.4) is 0 Å². The monoisotopic (exact) mass is 186 g/mol. The number of hydrogen-bond donors (Lipinski definition) is 1. The fourth-order valence-corrected chi connectivity index (χ4v) is 1.09. The summed E-state index contributed by atoms with van der Waals surface area (Å²) in [6.45, 7) is -1.42. The van der Waals surface area contributed by atoms with Gasteiger partial charge >= 0.3 is 6.95 Å². The van der Waals surface area contributed by atoms with Crippen LogP contribution in [0.25, 0.3) is 0 Å². The Kier molecular flexibility index (Phi) is 5.36. The van der Waals surface area contributed by atoms with Gasteiger partial charge in [-0.25, -0.2) is 4.57 Å². The summed E-state index contributed by atoms with van der Waals surface area (Å²) in [5.74, 6) is 0. The SMILES string of the molecule is CCCCCOP(=O)(O)Cl. The van der Waals surface area contributed by atoms with E-state index in [2.05, 4.69) is 4.52 Å². The molecule has 0 rings (SSSR count). The minimum absolute atomic E-state index is 0.269. The van der Waals surface area contributed by atoms with E-state index in [0.717, 1.165) is 19.3 Å². The van der Waals surface area contributed by atoms with Crippen molar-refractivity contribution in [2.75, 3.05) is 6.61 Å². The van der Waals surface area contributed by atoms with Gasteiger partial charge in [0.05, 0.1) is 6.61 Å². The van der Waals surface area contributed by atoms with Gasteiger partial charge in [0.2, 0.25) is 0 Å². The van der Waals surface area contributed by atoms with Crippen LogP contribution in [-0.2, 0) is 9.09 Å². The van der Waals surface area contributed by atoms with Gasteiger partial charge < -0.3 is 4.89 Å². The first-order chi connectivity index (χ1) is 4.56. The van der Waals surface area contributed by atoms with Crippen LogP contribution < -0.4 is 0 Å². The molecule has 0 aliphatic carbocycles. The molecule has 0 aliphatic heterocycles. The number of halogens is 1. The van der Waals surface area contributed by atoms with Crippen LogP contribution in [0.5, 0.6) is 0 Å². The van der Waals surface area contributed by atoms with Gasteiger partial charge in [-0.1, -0.05) is 19.8 Å². The third-order valence-electron chi connectivity index (χ3n) is 0.998. The summed E-state index contributed by atoms with van der Waals surface area (Å²) in [4.78, 5) is 8.42. The lowest BCUT2D eigenvalue weighted by atomic mass is 10.3. The molecule has 0 aromatic rings. The van der Waals surface area contributed by atoms with Crippen LogP contribution in [0.15, 0.2) is 0 Å². The molecule has 0 heterocycles. The molecule has 0 saturated carbocycles.